The SMILES string of the molecule is CNCCC1COc2cc(Cl)ccc2N1C. The highest BCUT2D eigenvalue weighted by atomic mass is 35.5. The molecule has 16 heavy (non-hydrogen) atoms. The molecule has 0 bridgehead atoms. The van der Waals surface area contributed by atoms with E-state index in [0.717, 1.165) is 36.0 Å². The lowest BCUT2D eigenvalue weighted by atomic mass is 10.1. The summed E-state index contributed by atoms with van der Waals surface area (Å²) in [4.78, 5) is 2.27. The van der Waals surface area contributed by atoms with Gasteiger partial charge in [0.15, 0.2) is 0 Å². The standard InChI is InChI=1S/C12H17ClN2O/c1-14-6-5-10-8-16-12-7-9(13)3-4-11(12)15(10)2/h3-4,7,10,14H,5-6,8H2,1-2H3. The first-order valence-corrected chi connectivity index (χ1v) is 5.90. The molecule has 0 fully saturated rings. The summed E-state index contributed by atoms with van der Waals surface area (Å²) < 4.78 is 5.73. The summed E-state index contributed by atoms with van der Waals surface area (Å²) in [5.74, 6) is 0.885. The number of hydrogen-bond acceptors (Lipinski definition) is 3. The molecule has 1 unspecified atom stereocenters. The molecule has 1 aliphatic heterocycles. The van der Waals surface area contributed by atoms with Gasteiger partial charge in [0.1, 0.15) is 12.4 Å². The van der Waals surface area contributed by atoms with Crippen LogP contribution in [0.25, 0.3) is 0 Å². The molecule has 3 nitrogen and oxygen atoms in total. The van der Waals surface area contributed by atoms with Crippen LogP contribution in [0.1, 0.15) is 6.42 Å². The molecule has 0 saturated carbocycles. The number of fused-ring (bicyclic) bond motifs is 1. The Morgan fingerprint density at radius 1 is 1.56 bits per heavy atom. The van der Waals surface area contributed by atoms with Crippen molar-refractivity contribution >= 4 is 17.3 Å². The Morgan fingerprint density at radius 3 is 3.12 bits per heavy atom. The number of ether oxygens (including phenoxy) is 1. The average Bonchev–Trinajstić information content (AvgIpc) is 2.28. The van der Waals surface area contributed by atoms with Crippen molar-refractivity contribution in [3.63, 3.8) is 0 Å². The Hall–Kier alpha value is -0.930. The second kappa shape index (κ2) is 4.93. The van der Waals surface area contributed by atoms with Gasteiger partial charge >= 0.3 is 0 Å². The zero-order chi connectivity index (χ0) is 11.5. The van der Waals surface area contributed by atoms with Crippen molar-refractivity contribution in [2.75, 3.05) is 32.1 Å². The highest BCUT2D eigenvalue weighted by Crippen LogP contribution is 2.35. The molecule has 88 valence electrons. The molecule has 1 N–H and O–H groups in total. The maximum atomic E-state index is 5.94. The largest absolute Gasteiger partial charge is 0.489 e. The number of benzene rings is 1. The van der Waals surface area contributed by atoms with Crippen LogP contribution in [0.3, 0.4) is 0 Å². The van der Waals surface area contributed by atoms with E-state index in [2.05, 4.69) is 17.3 Å². The summed E-state index contributed by atoms with van der Waals surface area (Å²) >= 11 is 5.94. The van der Waals surface area contributed by atoms with Gasteiger partial charge in [0, 0.05) is 18.1 Å². The van der Waals surface area contributed by atoms with E-state index in [1.54, 1.807) is 0 Å². The Bertz CT molecular complexity index is 370. The lowest BCUT2D eigenvalue weighted by Gasteiger charge is -2.36. The van der Waals surface area contributed by atoms with Gasteiger partial charge in [0.25, 0.3) is 0 Å². The van der Waals surface area contributed by atoms with Gasteiger partial charge in [-0.2, -0.15) is 0 Å². The van der Waals surface area contributed by atoms with E-state index in [9.17, 15) is 0 Å². The highest BCUT2D eigenvalue weighted by Gasteiger charge is 2.24. The number of halogens is 1. The van der Waals surface area contributed by atoms with E-state index in [1.165, 1.54) is 0 Å². The molecule has 1 atom stereocenters. The molecule has 1 heterocycles. The smallest absolute Gasteiger partial charge is 0.144 e. The second-order valence-corrected chi connectivity index (χ2v) is 4.52. The fourth-order valence-electron chi connectivity index (χ4n) is 1.98. The zero-order valence-corrected chi connectivity index (χ0v) is 10.4. The van der Waals surface area contributed by atoms with E-state index in [4.69, 9.17) is 16.3 Å². The van der Waals surface area contributed by atoms with E-state index in [-0.39, 0.29) is 0 Å². The third-order valence-electron chi connectivity index (χ3n) is 3.01. The minimum Gasteiger partial charge on any atom is -0.489 e. The van der Waals surface area contributed by atoms with Gasteiger partial charge in [0.2, 0.25) is 0 Å². The topological polar surface area (TPSA) is 24.5 Å². The van der Waals surface area contributed by atoms with Crippen molar-refractivity contribution < 1.29 is 4.74 Å². The fourth-order valence-corrected chi connectivity index (χ4v) is 2.14. The molecule has 0 aromatic heterocycles. The first-order valence-electron chi connectivity index (χ1n) is 5.52. The Balaban J connectivity index is 2.15. The van der Waals surface area contributed by atoms with E-state index in [1.807, 2.05) is 25.2 Å². The van der Waals surface area contributed by atoms with Gasteiger partial charge in [-0.1, -0.05) is 11.6 Å². The van der Waals surface area contributed by atoms with Crippen LogP contribution in [-0.2, 0) is 0 Å². The maximum Gasteiger partial charge on any atom is 0.144 e. The average molecular weight is 241 g/mol. The van der Waals surface area contributed by atoms with Crippen molar-refractivity contribution in [2.24, 2.45) is 0 Å². The summed E-state index contributed by atoms with van der Waals surface area (Å²) in [6.45, 7) is 1.73. The van der Waals surface area contributed by atoms with E-state index >= 15 is 0 Å². The third kappa shape index (κ3) is 2.25. The van der Waals surface area contributed by atoms with Gasteiger partial charge < -0.3 is 15.0 Å². The Morgan fingerprint density at radius 2 is 2.38 bits per heavy atom. The molecule has 2 rings (SSSR count). The van der Waals surface area contributed by atoms with Gasteiger partial charge in [-0.15, -0.1) is 0 Å². The number of anilines is 1. The van der Waals surface area contributed by atoms with Crippen LogP contribution in [0.2, 0.25) is 5.02 Å². The zero-order valence-electron chi connectivity index (χ0n) is 9.66. The van der Waals surface area contributed by atoms with Crippen molar-refractivity contribution in [3.8, 4) is 5.75 Å². The number of likely N-dealkylation sites (N-methyl/N-ethyl adjacent to an activating group) is 1. The molecular weight excluding hydrogens is 224 g/mol. The lowest BCUT2D eigenvalue weighted by Crippen LogP contribution is -2.41. The summed E-state index contributed by atoms with van der Waals surface area (Å²) in [6.07, 6.45) is 1.08. The first kappa shape index (κ1) is 11.6. The van der Waals surface area contributed by atoms with Crippen LogP contribution in [0, 0.1) is 0 Å². The van der Waals surface area contributed by atoms with Crippen LogP contribution in [0.15, 0.2) is 18.2 Å². The molecule has 0 radical (unpaired) electrons. The Kier molecular flexibility index (Phi) is 3.56. The normalized spacial score (nSPS) is 19.2. The molecule has 0 saturated heterocycles. The summed E-state index contributed by atoms with van der Waals surface area (Å²) in [5.41, 5.74) is 1.12. The molecule has 0 aliphatic carbocycles. The van der Waals surface area contributed by atoms with Gasteiger partial charge in [-0.05, 0) is 32.1 Å². The third-order valence-corrected chi connectivity index (χ3v) is 3.24. The van der Waals surface area contributed by atoms with Gasteiger partial charge in [-0.25, -0.2) is 0 Å². The molecule has 4 heteroatoms. The number of rotatable bonds is 3. The van der Waals surface area contributed by atoms with Crippen molar-refractivity contribution in [1.82, 2.24) is 5.32 Å². The van der Waals surface area contributed by atoms with Crippen LogP contribution in [-0.4, -0.2) is 33.3 Å². The summed E-state index contributed by atoms with van der Waals surface area (Å²) in [6, 6.07) is 6.23. The van der Waals surface area contributed by atoms with Crippen LogP contribution in [0.4, 0.5) is 5.69 Å². The monoisotopic (exact) mass is 240 g/mol. The number of hydrogen-bond donors (Lipinski definition) is 1. The van der Waals surface area contributed by atoms with E-state index in [0.29, 0.717) is 6.04 Å². The molecule has 1 aliphatic rings. The Labute approximate surface area is 101 Å². The lowest BCUT2D eigenvalue weighted by molar-refractivity contribution is 0.260. The molecular formula is C12H17ClN2O. The van der Waals surface area contributed by atoms with Crippen LogP contribution >= 0.6 is 11.6 Å². The van der Waals surface area contributed by atoms with Crippen molar-refractivity contribution in [1.29, 1.82) is 0 Å². The van der Waals surface area contributed by atoms with Crippen molar-refractivity contribution in [3.05, 3.63) is 23.2 Å². The van der Waals surface area contributed by atoms with Crippen LogP contribution < -0.4 is 15.0 Å². The highest BCUT2D eigenvalue weighted by molar-refractivity contribution is 6.30. The summed E-state index contributed by atoms with van der Waals surface area (Å²) in [5, 5.41) is 3.89. The van der Waals surface area contributed by atoms with Crippen molar-refractivity contribution in [2.45, 2.75) is 12.5 Å². The van der Waals surface area contributed by atoms with Gasteiger partial charge in [-0.3, -0.25) is 0 Å². The second-order valence-electron chi connectivity index (χ2n) is 4.08. The quantitative estimate of drug-likeness (QED) is 0.876. The minimum atomic E-state index is 0.432. The van der Waals surface area contributed by atoms with E-state index < -0.39 is 0 Å². The first-order chi connectivity index (χ1) is 7.72. The maximum absolute atomic E-state index is 5.94. The minimum absolute atomic E-state index is 0.432. The molecule has 0 amide bonds. The fraction of sp³-hybridized carbons (Fsp3) is 0.500. The number of nitrogens with zero attached hydrogens (tertiary/aromatic N) is 1. The van der Waals surface area contributed by atoms with Crippen LogP contribution in [0.5, 0.6) is 5.75 Å². The number of nitrogens with one attached hydrogen (secondary N) is 1. The molecule has 1 aromatic carbocycles. The predicted octanol–water partition coefficient (Wildman–Crippen LogP) is 2.15. The predicted molar refractivity (Wildman–Crippen MR) is 67.7 cm³/mol. The van der Waals surface area contributed by atoms with Gasteiger partial charge in [0.05, 0.1) is 11.7 Å². The molecule has 1 aromatic rings. The molecule has 0 spiro atoms. The summed E-state index contributed by atoms with van der Waals surface area (Å²) in [7, 11) is 4.08.